The minimum absolute atomic E-state index is 0.0335. The topological polar surface area (TPSA) is 77.3 Å². The molecule has 0 aliphatic carbocycles. The summed E-state index contributed by atoms with van der Waals surface area (Å²) in [6, 6.07) is 3.67. The monoisotopic (exact) mass is 410 g/mol. The van der Waals surface area contributed by atoms with Gasteiger partial charge in [0.2, 0.25) is 5.91 Å². The molecule has 2 aromatic rings. The van der Waals surface area contributed by atoms with Crippen molar-refractivity contribution in [3.63, 3.8) is 0 Å². The quantitative estimate of drug-likeness (QED) is 0.441. The molecule has 0 N–H and O–H groups in total. The van der Waals surface area contributed by atoms with Crippen LogP contribution in [0, 0.1) is 0 Å². The highest BCUT2D eigenvalue weighted by Crippen LogP contribution is 2.26. The number of nitrogens with zero attached hydrogens (tertiary/aromatic N) is 4. The zero-order valence-electron chi connectivity index (χ0n) is 15.4. The van der Waals surface area contributed by atoms with Crippen molar-refractivity contribution < 1.29 is 14.3 Å². The second-order valence-electron chi connectivity index (χ2n) is 5.52. The lowest BCUT2D eigenvalue weighted by molar-refractivity contribution is -0.142. The van der Waals surface area contributed by atoms with E-state index < -0.39 is 0 Å². The van der Waals surface area contributed by atoms with Crippen LogP contribution in [0.1, 0.15) is 26.7 Å². The van der Waals surface area contributed by atoms with Gasteiger partial charge in [0.25, 0.3) is 0 Å². The van der Waals surface area contributed by atoms with Gasteiger partial charge >= 0.3 is 5.97 Å². The highest BCUT2D eigenvalue weighted by Gasteiger charge is 2.20. The largest absolute Gasteiger partial charge is 0.466 e. The summed E-state index contributed by atoms with van der Waals surface area (Å²) in [5, 5.41) is 4.54. The molecule has 27 heavy (non-hydrogen) atoms. The number of hydrogen-bond donors (Lipinski definition) is 0. The first-order valence-corrected chi connectivity index (χ1v) is 10.3. The Labute approximate surface area is 168 Å². The Morgan fingerprint density at radius 2 is 2.07 bits per heavy atom. The fourth-order valence-corrected chi connectivity index (χ4v) is 3.48. The van der Waals surface area contributed by atoms with Gasteiger partial charge in [-0.25, -0.2) is 4.68 Å². The summed E-state index contributed by atoms with van der Waals surface area (Å²) in [6.07, 6.45) is 5.79. The molecular formula is C18H23ClN4O3S. The van der Waals surface area contributed by atoms with Gasteiger partial charge in [-0.3, -0.25) is 14.6 Å². The van der Waals surface area contributed by atoms with Crippen molar-refractivity contribution >= 4 is 40.9 Å². The summed E-state index contributed by atoms with van der Waals surface area (Å²) in [6.45, 7) is 4.56. The predicted molar refractivity (Wildman–Crippen MR) is 108 cm³/mol. The second-order valence-corrected chi connectivity index (χ2v) is 7.10. The summed E-state index contributed by atoms with van der Waals surface area (Å²) in [5.74, 6) is 1.02. The molecular weight excluding hydrogens is 388 g/mol. The SMILES string of the molecule is CCOC(=O)CCSCCC(=O)N(CC)c1cn(-c2cccnc2)nc1Cl. The number of carbonyl (C=O) groups excluding carboxylic acids is 2. The highest BCUT2D eigenvalue weighted by molar-refractivity contribution is 7.99. The fraction of sp³-hybridized carbons (Fsp3) is 0.444. The van der Waals surface area contributed by atoms with Gasteiger partial charge in [-0.05, 0) is 26.0 Å². The van der Waals surface area contributed by atoms with E-state index in [1.54, 1.807) is 52.9 Å². The highest BCUT2D eigenvalue weighted by atomic mass is 35.5. The van der Waals surface area contributed by atoms with E-state index in [1.165, 1.54) is 0 Å². The molecule has 0 fully saturated rings. The van der Waals surface area contributed by atoms with E-state index in [1.807, 2.05) is 13.0 Å². The van der Waals surface area contributed by atoms with Crippen LogP contribution in [0.25, 0.3) is 5.69 Å². The van der Waals surface area contributed by atoms with Crippen LogP contribution in [0.4, 0.5) is 5.69 Å². The predicted octanol–water partition coefficient (Wildman–Crippen LogP) is 3.35. The molecule has 0 saturated heterocycles. The maximum atomic E-state index is 12.6. The third-order valence-electron chi connectivity index (χ3n) is 3.69. The van der Waals surface area contributed by atoms with Crippen molar-refractivity contribution in [3.05, 3.63) is 35.9 Å². The minimum atomic E-state index is -0.207. The zero-order chi connectivity index (χ0) is 19.6. The van der Waals surface area contributed by atoms with E-state index in [0.29, 0.717) is 43.2 Å². The van der Waals surface area contributed by atoms with Crippen LogP contribution in [-0.2, 0) is 14.3 Å². The third-order valence-corrected chi connectivity index (χ3v) is 4.94. The van der Waals surface area contributed by atoms with Crippen LogP contribution in [-0.4, -0.2) is 51.3 Å². The van der Waals surface area contributed by atoms with Gasteiger partial charge in [-0.15, -0.1) is 0 Å². The summed E-state index contributed by atoms with van der Waals surface area (Å²) in [7, 11) is 0. The van der Waals surface area contributed by atoms with E-state index in [2.05, 4.69) is 10.1 Å². The molecule has 9 heteroatoms. The molecule has 0 bridgehead atoms. The summed E-state index contributed by atoms with van der Waals surface area (Å²) >= 11 is 7.81. The first-order valence-electron chi connectivity index (χ1n) is 8.76. The van der Waals surface area contributed by atoms with E-state index in [9.17, 15) is 9.59 Å². The molecule has 0 spiro atoms. The minimum Gasteiger partial charge on any atom is -0.466 e. The molecule has 0 saturated carbocycles. The van der Waals surface area contributed by atoms with Crippen LogP contribution in [0.15, 0.2) is 30.7 Å². The average Bonchev–Trinajstić information content (AvgIpc) is 3.04. The lowest BCUT2D eigenvalue weighted by Crippen LogP contribution is -2.30. The van der Waals surface area contributed by atoms with Gasteiger partial charge in [0.15, 0.2) is 5.15 Å². The number of amides is 1. The summed E-state index contributed by atoms with van der Waals surface area (Å²) in [5.41, 5.74) is 1.34. The Morgan fingerprint density at radius 3 is 2.74 bits per heavy atom. The molecule has 0 aliphatic heterocycles. The first-order chi connectivity index (χ1) is 13.1. The van der Waals surface area contributed by atoms with Crippen molar-refractivity contribution in [2.45, 2.75) is 26.7 Å². The number of anilines is 1. The molecule has 2 rings (SSSR count). The van der Waals surface area contributed by atoms with Crippen molar-refractivity contribution in [2.75, 3.05) is 29.6 Å². The Morgan fingerprint density at radius 1 is 1.30 bits per heavy atom. The molecule has 7 nitrogen and oxygen atoms in total. The number of ether oxygens (including phenoxy) is 1. The molecule has 0 aromatic carbocycles. The zero-order valence-corrected chi connectivity index (χ0v) is 17.0. The van der Waals surface area contributed by atoms with Gasteiger partial charge < -0.3 is 9.64 Å². The van der Waals surface area contributed by atoms with Crippen LogP contribution < -0.4 is 4.90 Å². The maximum Gasteiger partial charge on any atom is 0.306 e. The molecule has 2 heterocycles. The number of esters is 1. The number of aromatic nitrogens is 3. The van der Waals surface area contributed by atoms with Gasteiger partial charge in [0.05, 0.1) is 31.1 Å². The third kappa shape index (κ3) is 6.25. The van der Waals surface area contributed by atoms with Crippen LogP contribution >= 0.6 is 23.4 Å². The van der Waals surface area contributed by atoms with Gasteiger partial charge in [-0.1, -0.05) is 11.6 Å². The lowest BCUT2D eigenvalue weighted by atomic mass is 10.3. The fourth-order valence-electron chi connectivity index (χ4n) is 2.41. The van der Waals surface area contributed by atoms with Crippen molar-refractivity contribution in [2.24, 2.45) is 0 Å². The summed E-state index contributed by atoms with van der Waals surface area (Å²) in [4.78, 5) is 29.6. The molecule has 0 radical (unpaired) electrons. The van der Waals surface area contributed by atoms with Crippen LogP contribution in [0.3, 0.4) is 0 Å². The van der Waals surface area contributed by atoms with E-state index in [4.69, 9.17) is 16.3 Å². The number of hydrogen-bond acceptors (Lipinski definition) is 6. The number of carbonyl (C=O) groups is 2. The Bertz CT molecular complexity index is 754. The number of rotatable bonds is 10. The van der Waals surface area contributed by atoms with E-state index >= 15 is 0 Å². The van der Waals surface area contributed by atoms with E-state index in [0.717, 1.165) is 5.69 Å². The molecule has 1 amide bonds. The number of halogens is 1. The van der Waals surface area contributed by atoms with Gasteiger partial charge in [-0.2, -0.15) is 16.9 Å². The van der Waals surface area contributed by atoms with Gasteiger partial charge in [0, 0.05) is 30.7 Å². The second kappa shape index (κ2) is 10.9. The number of pyridine rings is 1. The number of thioether (sulfide) groups is 1. The van der Waals surface area contributed by atoms with Crippen LogP contribution in [0.5, 0.6) is 0 Å². The van der Waals surface area contributed by atoms with Crippen molar-refractivity contribution in [1.29, 1.82) is 0 Å². The molecule has 0 aliphatic rings. The van der Waals surface area contributed by atoms with Crippen LogP contribution in [0.2, 0.25) is 5.15 Å². The molecule has 2 aromatic heterocycles. The Hall–Kier alpha value is -2.06. The Balaban J connectivity index is 1.91. The van der Waals surface area contributed by atoms with Crippen molar-refractivity contribution in [1.82, 2.24) is 14.8 Å². The maximum absolute atomic E-state index is 12.6. The molecule has 0 atom stereocenters. The Kier molecular flexibility index (Phi) is 8.60. The standard InChI is InChI=1S/C18H23ClN4O3S/c1-3-22(16(24)7-10-27-11-8-17(25)26-4-2)15-13-23(21-18(15)19)14-6-5-9-20-12-14/h5-6,9,12-13H,3-4,7-8,10-11H2,1-2H3. The van der Waals surface area contributed by atoms with E-state index in [-0.39, 0.29) is 17.0 Å². The molecule has 146 valence electrons. The molecule has 0 unspecified atom stereocenters. The van der Waals surface area contributed by atoms with Gasteiger partial charge in [0.1, 0.15) is 5.69 Å². The summed E-state index contributed by atoms with van der Waals surface area (Å²) < 4.78 is 6.49. The first kappa shape index (κ1) is 21.2. The lowest BCUT2D eigenvalue weighted by Gasteiger charge is -2.19. The van der Waals surface area contributed by atoms with Crippen molar-refractivity contribution in [3.8, 4) is 5.69 Å². The normalized spacial score (nSPS) is 10.6. The smallest absolute Gasteiger partial charge is 0.306 e. The average molecular weight is 411 g/mol.